The zero-order chi connectivity index (χ0) is 18.4. The molecule has 0 aliphatic carbocycles. The van der Waals surface area contributed by atoms with Crippen LogP contribution >= 0.6 is 0 Å². The van der Waals surface area contributed by atoms with Crippen molar-refractivity contribution in [3.63, 3.8) is 0 Å². The summed E-state index contributed by atoms with van der Waals surface area (Å²) in [5.74, 6) is -0.438. The van der Waals surface area contributed by atoms with Crippen molar-refractivity contribution in [2.75, 3.05) is 0 Å². The number of hydrogen-bond donors (Lipinski definition) is 2. The molecule has 3 rings (SSSR count). The number of nitrogens with zero attached hydrogens (tertiary/aromatic N) is 3. The second-order valence-corrected chi connectivity index (χ2v) is 5.78. The van der Waals surface area contributed by atoms with Gasteiger partial charge in [-0.15, -0.1) is 0 Å². The minimum atomic E-state index is -0.438. The first-order chi connectivity index (χ1) is 12.7. The van der Waals surface area contributed by atoms with E-state index in [0.717, 1.165) is 22.4 Å². The molecule has 6 nitrogen and oxygen atoms in total. The number of H-pyrrole nitrogens is 1. The van der Waals surface area contributed by atoms with E-state index in [1.165, 1.54) is 6.08 Å². The molecule has 0 fully saturated rings. The number of hydrogen-bond acceptors (Lipinski definition) is 4. The second kappa shape index (κ2) is 7.90. The third-order valence-corrected chi connectivity index (χ3v) is 3.85. The summed E-state index contributed by atoms with van der Waals surface area (Å²) < 4.78 is 0. The minimum absolute atomic E-state index is 0.0173. The van der Waals surface area contributed by atoms with Crippen LogP contribution in [0.4, 0.5) is 0 Å². The quantitative estimate of drug-likeness (QED) is 0.550. The maximum Gasteiger partial charge on any atom is 0.262 e. The standard InChI is InChI=1S/C20H17N5O/c1-14-4-6-16(7-5-14)19-18(13-24-25-19)9-17(10-21)20(26)23-12-15-3-2-8-22-11-15/h2-9,11,13H,12H2,1H3,(H,23,26)(H,24,25)/b17-9+. The molecule has 2 heterocycles. The van der Waals surface area contributed by atoms with Gasteiger partial charge in [-0.05, 0) is 24.6 Å². The van der Waals surface area contributed by atoms with Crippen LogP contribution in [0.25, 0.3) is 17.3 Å². The highest BCUT2D eigenvalue weighted by Gasteiger charge is 2.12. The number of nitriles is 1. The Bertz CT molecular complexity index is 965. The molecule has 0 bridgehead atoms. The fourth-order valence-electron chi connectivity index (χ4n) is 2.44. The Labute approximate surface area is 151 Å². The van der Waals surface area contributed by atoms with E-state index in [0.29, 0.717) is 12.1 Å². The summed E-state index contributed by atoms with van der Waals surface area (Å²) in [4.78, 5) is 16.3. The Kier molecular flexibility index (Phi) is 5.20. The molecular formula is C20H17N5O. The van der Waals surface area contributed by atoms with Gasteiger partial charge in [0.05, 0.1) is 11.9 Å². The van der Waals surface area contributed by atoms with Gasteiger partial charge in [-0.2, -0.15) is 10.4 Å². The van der Waals surface area contributed by atoms with E-state index >= 15 is 0 Å². The summed E-state index contributed by atoms with van der Waals surface area (Å²) in [5.41, 5.74) is 4.41. The summed E-state index contributed by atoms with van der Waals surface area (Å²) in [5, 5.41) is 19.1. The molecule has 1 aromatic carbocycles. The molecule has 2 N–H and O–H groups in total. The van der Waals surface area contributed by atoms with Crippen LogP contribution in [0.5, 0.6) is 0 Å². The van der Waals surface area contributed by atoms with E-state index < -0.39 is 5.91 Å². The van der Waals surface area contributed by atoms with Gasteiger partial charge in [0.25, 0.3) is 5.91 Å². The fourth-order valence-corrected chi connectivity index (χ4v) is 2.44. The summed E-state index contributed by atoms with van der Waals surface area (Å²) in [6.07, 6.45) is 6.47. The first kappa shape index (κ1) is 17.1. The number of pyridine rings is 1. The number of benzene rings is 1. The van der Waals surface area contributed by atoms with Crippen molar-refractivity contribution >= 4 is 12.0 Å². The molecule has 26 heavy (non-hydrogen) atoms. The Balaban J connectivity index is 1.79. The van der Waals surface area contributed by atoms with Gasteiger partial charge in [-0.25, -0.2) is 0 Å². The molecule has 0 unspecified atom stereocenters. The normalized spacial score (nSPS) is 11.0. The zero-order valence-electron chi connectivity index (χ0n) is 14.2. The number of carbonyl (C=O) groups excluding carboxylic acids is 1. The monoisotopic (exact) mass is 343 g/mol. The fraction of sp³-hybridized carbons (Fsp3) is 0.100. The largest absolute Gasteiger partial charge is 0.347 e. The Hall–Kier alpha value is -3.72. The summed E-state index contributed by atoms with van der Waals surface area (Å²) in [6, 6.07) is 13.5. The van der Waals surface area contributed by atoms with Crippen LogP contribution in [0.2, 0.25) is 0 Å². The molecule has 0 saturated heterocycles. The highest BCUT2D eigenvalue weighted by molar-refractivity contribution is 6.02. The van der Waals surface area contributed by atoms with Crippen LogP contribution in [0.15, 0.2) is 60.6 Å². The highest BCUT2D eigenvalue weighted by atomic mass is 16.1. The van der Waals surface area contributed by atoms with Gasteiger partial charge < -0.3 is 5.32 Å². The predicted molar refractivity (Wildman–Crippen MR) is 98.4 cm³/mol. The lowest BCUT2D eigenvalue weighted by Gasteiger charge is -2.04. The molecule has 0 radical (unpaired) electrons. The maximum absolute atomic E-state index is 12.3. The number of aryl methyl sites for hydroxylation is 1. The van der Waals surface area contributed by atoms with Crippen LogP contribution in [0.1, 0.15) is 16.7 Å². The van der Waals surface area contributed by atoms with Crippen molar-refractivity contribution in [2.45, 2.75) is 13.5 Å². The van der Waals surface area contributed by atoms with Gasteiger partial charge >= 0.3 is 0 Å². The molecule has 0 saturated carbocycles. The van der Waals surface area contributed by atoms with E-state index in [4.69, 9.17) is 0 Å². The first-order valence-corrected chi connectivity index (χ1v) is 8.06. The first-order valence-electron chi connectivity index (χ1n) is 8.06. The number of carbonyl (C=O) groups is 1. The predicted octanol–water partition coefficient (Wildman–Crippen LogP) is 3.00. The van der Waals surface area contributed by atoms with Crippen LogP contribution < -0.4 is 5.32 Å². The molecule has 0 aliphatic rings. The summed E-state index contributed by atoms with van der Waals surface area (Å²) >= 11 is 0. The average molecular weight is 343 g/mol. The number of amides is 1. The highest BCUT2D eigenvalue weighted by Crippen LogP contribution is 2.23. The lowest BCUT2D eigenvalue weighted by Crippen LogP contribution is -2.24. The van der Waals surface area contributed by atoms with Gasteiger partial charge in [0, 0.05) is 30.1 Å². The smallest absolute Gasteiger partial charge is 0.262 e. The molecule has 2 aromatic heterocycles. The van der Waals surface area contributed by atoms with Crippen molar-refractivity contribution in [3.05, 3.63) is 77.3 Å². The topological polar surface area (TPSA) is 94.5 Å². The van der Waals surface area contributed by atoms with Gasteiger partial charge in [0.2, 0.25) is 0 Å². The van der Waals surface area contributed by atoms with E-state index in [2.05, 4.69) is 20.5 Å². The Morgan fingerprint density at radius 1 is 1.27 bits per heavy atom. The molecule has 6 heteroatoms. The number of nitrogens with one attached hydrogen (secondary N) is 2. The Morgan fingerprint density at radius 3 is 2.77 bits per heavy atom. The van der Waals surface area contributed by atoms with Gasteiger partial charge in [0.15, 0.2) is 0 Å². The van der Waals surface area contributed by atoms with Gasteiger partial charge in [-0.1, -0.05) is 35.9 Å². The Morgan fingerprint density at radius 2 is 2.08 bits per heavy atom. The van der Waals surface area contributed by atoms with Crippen LogP contribution in [0, 0.1) is 18.3 Å². The molecule has 0 aliphatic heterocycles. The van der Waals surface area contributed by atoms with Crippen molar-refractivity contribution in [3.8, 4) is 17.3 Å². The van der Waals surface area contributed by atoms with E-state index in [1.54, 1.807) is 24.7 Å². The molecule has 0 spiro atoms. The van der Waals surface area contributed by atoms with Crippen LogP contribution in [0.3, 0.4) is 0 Å². The van der Waals surface area contributed by atoms with Gasteiger partial charge in [-0.3, -0.25) is 14.9 Å². The third-order valence-electron chi connectivity index (χ3n) is 3.85. The van der Waals surface area contributed by atoms with Crippen molar-refractivity contribution in [2.24, 2.45) is 0 Å². The van der Waals surface area contributed by atoms with E-state index in [-0.39, 0.29) is 5.57 Å². The average Bonchev–Trinajstić information content (AvgIpc) is 3.14. The van der Waals surface area contributed by atoms with Crippen molar-refractivity contribution in [1.82, 2.24) is 20.5 Å². The molecular weight excluding hydrogens is 326 g/mol. The van der Waals surface area contributed by atoms with Crippen LogP contribution in [-0.2, 0) is 11.3 Å². The number of aromatic amines is 1. The lowest BCUT2D eigenvalue weighted by molar-refractivity contribution is -0.117. The second-order valence-electron chi connectivity index (χ2n) is 5.78. The van der Waals surface area contributed by atoms with E-state index in [9.17, 15) is 10.1 Å². The minimum Gasteiger partial charge on any atom is -0.347 e. The summed E-state index contributed by atoms with van der Waals surface area (Å²) in [6.45, 7) is 2.32. The third kappa shape index (κ3) is 4.02. The molecule has 128 valence electrons. The van der Waals surface area contributed by atoms with Crippen molar-refractivity contribution < 1.29 is 4.79 Å². The molecule has 1 amide bonds. The lowest BCUT2D eigenvalue weighted by atomic mass is 10.0. The van der Waals surface area contributed by atoms with Gasteiger partial charge in [0.1, 0.15) is 11.6 Å². The maximum atomic E-state index is 12.3. The number of aromatic nitrogens is 3. The molecule has 0 atom stereocenters. The number of rotatable bonds is 5. The molecule has 3 aromatic rings. The SMILES string of the molecule is Cc1ccc(-c2[nH]ncc2/C=C(\C#N)C(=O)NCc2cccnc2)cc1. The van der Waals surface area contributed by atoms with Crippen molar-refractivity contribution in [1.29, 1.82) is 5.26 Å². The van der Waals surface area contributed by atoms with Crippen LogP contribution in [-0.4, -0.2) is 21.1 Å². The zero-order valence-corrected chi connectivity index (χ0v) is 14.2. The summed E-state index contributed by atoms with van der Waals surface area (Å²) in [7, 11) is 0. The van der Waals surface area contributed by atoms with E-state index in [1.807, 2.05) is 43.3 Å².